The fraction of sp³-hybridized carbons (Fsp3) is 0.308. The molecule has 0 saturated carbocycles. The summed E-state index contributed by atoms with van der Waals surface area (Å²) in [4.78, 5) is 4.62. The van der Waals surface area contributed by atoms with E-state index in [9.17, 15) is 0 Å². The van der Waals surface area contributed by atoms with Gasteiger partial charge in [-0.3, -0.25) is 4.99 Å². The van der Waals surface area contributed by atoms with E-state index in [4.69, 9.17) is 0 Å². The van der Waals surface area contributed by atoms with Crippen molar-refractivity contribution < 1.29 is 0 Å². The summed E-state index contributed by atoms with van der Waals surface area (Å²) < 4.78 is 3.89. The third-order valence-electron chi connectivity index (χ3n) is 2.25. The molecule has 0 aliphatic heterocycles. The quantitative estimate of drug-likeness (QED) is 0.568. The molecule has 0 unspecified atom stereocenters. The van der Waals surface area contributed by atoms with E-state index < -0.39 is 0 Å². The molecule has 0 atom stereocenters. The van der Waals surface area contributed by atoms with Gasteiger partial charge in [-0.15, -0.1) is 22.7 Å². The molecular formula is C13H15NS2. The number of allylic oxidation sites excluding steroid dienone is 2. The van der Waals surface area contributed by atoms with Crippen LogP contribution in [0.3, 0.4) is 0 Å². The molecule has 2 rings (SSSR count). The average molecular weight is 249 g/mol. The third kappa shape index (κ3) is 3.03. The van der Waals surface area contributed by atoms with Crippen LogP contribution in [0.4, 0.5) is 0 Å². The van der Waals surface area contributed by atoms with E-state index in [2.05, 4.69) is 48.3 Å². The van der Waals surface area contributed by atoms with E-state index in [1.165, 1.54) is 13.4 Å². The van der Waals surface area contributed by atoms with Crippen molar-refractivity contribution in [3.8, 4) is 0 Å². The summed E-state index contributed by atoms with van der Waals surface area (Å²) in [5, 5.41) is 0. The molecule has 1 nitrogen and oxygen atoms in total. The van der Waals surface area contributed by atoms with Crippen molar-refractivity contribution >= 4 is 32.1 Å². The summed E-state index contributed by atoms with van der Waals surface area (Å²) in [5.41, 5.74) is 0. The highest BCUT2D eigenvalue weighted by molar-refractivity contribution is 7.35. The van der Waals surface area contributed by atoms with E-state index in [1.54, 1.807) is 22.7 Å². The molecule has 0 bridgehead atoms. The van der Waals surface area contributed by atoms with Gasteiger partial charge in [-0.1, -0.05) is 24.3 Å². The number of hydrogen-bond donors (Lipinski definition) is 0. The van der Waals surface area contributed by atoms with Crippen molar-refractivity contribution in [2.45, 2.75) is 19.8 Å². The highest BCUT2D eigenvalue weighted by atomic mass is 32.2. The van der Waals surface area contributed by atoms with Crippen LogP contribution in [0.25, 0.3) is 9.40 Å². The first kappa shape index (κ1) is 11.6. The number of rotatable bonds is 4. The van der Waals surface area contributed by atoms with E-state index in [1.807, 2.05) is 0 Å². The Morgan fingerprint density at radius 1 is 1.19 bits per heavy atom. The van der Waals surface area contributed by atoms with Crippen LogP contribution in [0, 0.1) is 0 Å². The molecule has 0 radical (unpaired) electrons. The van der Waals surface area contributed by atoms with Crippen LogP contribution in [0.15, 0.2) is 41.4 Å². The Kier molecular flexibility index (Phi) is 4.31. The van der Waals surface area contributed by atoms with Crippen LogP contribution in [-0.2, 0) is 0 Å². The third-order valence-corrected chi connectivity index (χ3v) is 4.64. The summed E-state index contributed by atoms with van der Waals surface area (Å²) in [5.74, 6) is 0. The van der Waals surface area contributed by atoms with Gasteiger partial charge in [0.25, 0.3) is 0 Å². The molecule has 84 valence electrons. The molecule has 0 amide bonds. The Hall–Kier alpha value is -0.930. The zero-order chi connectivity index (χ0) is 11.2. The Bertz CT molecular complexity index is 498. The Morgan fingerprint density at radius 2 is 1.88 bits per heavy atom. The molecule has 1 aromatic carbocycles. The van der Waals surface area contributed by atoms with E-state index in [0.29, 0.717) is 0 Å². The first-order valence-corrected chi connectivity index (χ1v) is 7.14. The lowest BCUT2D eigenvalue weighted by atomic mass is 10.3. The van der Waals surface area contributed by atoms with Crippen molar-refractivity contribution in [1.29, 1.82) is 0 Å². The van der Waals surface area contributed by atoms with Gasteiger partial charge in [0.1, 0.15) is 0 Å². The zero-order valence-electron chi connectivity index (χ0n) is 9.35. The average Bonchev–Trinajstić information content (AvgIpc) is 2.71. The fourth-order valence-electron chi connectivity index (χ4n) is 1.44. The van der Waals surface area contributed by atoms with Gasteiger partial charge < -0.3 is 0 Å². The molecule has 16 heavy (non-hydrogen) atoms. The van der Waals surface area contributed by atoms with Crippen LogP contribution in [0.2, 0.25) is 0 Å². The van der Waals surface area contributed by atoms with Gasteiger partial charge in [-0.05, 0) is 31.9 Å². The second-order valence-corrected chi connectivity index (χ2v) is 5.83. The highest BCUT2D eigenvalue weighted by Gasteiger charge is 1.95. The van der Waals surface area contributed by atoms with Crippen molar-refractivity contribution in [2.24, 2.45) is 4.99 Å². The first-order chi connectivity index (χ1) is 7.90. The lowest BCUT2D eigenvalue weighted by molar-refractivity contribution is 0.844. The molecule has 1 heterocycles. The molecule has 1 aromatic heterocycles. The Balaban J connectivity index is 2.05. The number of nitrogens with zero attached hydrogens (tertiary/aromatic N) is 1. The Labute approximate surface area is 104 Å². The summed E-state index contributed by atoms with van der Waals surface area (Å²) in [6.07, 6.45) is 6.58. The van der Waals surface area contributed by atoms with Gasteiger partial charge in [0.05, 0.1) is 0 Å². The van der Waals surface area contributed by atoms with Gasteiger partial charge in [0, 0.05) is 15.9 Å². The van der Waals surface area contributed by atoms with Gasteiger partial charge >= 0.3 is 0 Å². The molecule has 0 fully saturated rings. The monoisotopic (exact) mass is 249 g/mol. The minimum absolute atomic E-state index is 0.938. The van der Waals surface area contributed by atoms with Crippen molar-refractivity contribution in [3.05, 3.63) is 40.4 Å². The Morgan fingerprint density at radius 3 is 2.50 bits per heavy atom. The smallest absolute Gasteiger partial charge is 0.167 e. The van der Waals surface area contributed by atoms with Gasteiger partial charge in [-0.2, -0.15) is 0 Å². The second-order valence-electron chi connectivity index (χ2n) is 3.51. The predicted octanol–water partition coefficient (Wildman–Crippen LogP) is 4.22. The standard InChI is InChI=1S/C13H15NS2/c1-2-3-4-7-10-14-13-15-11-8-5-6-9-12(11)16-13/h2-3,5-6,8-9H,4,7,10H2,1H3/b3-2-. The van der Waals surface area contributed by atoms with Gasteiger partial charge in [0.2, 0.25) is 0 Å². The van der Waals surface area contributed by atoms with Crippen LogP contribution < -0.4 is 3.98 Å². The maximum atomic E-state index is 4.62. The largest absolute Gasteiger partial charge is 0.265 e. The molecule has 0 N–H and O–H groups in total. The SMILES string of the molecule is C/C=C\CCCN=c1sc2ccccc2s1. The van der Waals surface area contributed by atoms with E-state index >= 15 is 0 Å². The first-order valence-electron chi connectivity index (χ1n) is 5.50. The van der Waals surface area contributed by atoms with Gasteiger partial charge in [-0.25, -0.2) is 0 Å². The van der Waals surface area contributed by atoms with Crippen molar-refractivity contribution in [1.82, 2.24) is 0 Å². The fourth-order valence-corrected chi connectivity index (χ4v) is 3.71. The minimum atomic E-state index is 0.938. The molecule has 0 aliphatic carbocycles. The van der Waals surface area contributed by atoms with Crippen molar-refractivity contribution in [2.75, 3.05) is 6.54 Å². The maximum absolute atomic E-state index is 4.62. The van der Waals surface area contributed by atoms with Crippen LogP contribution in [0.5, 0.6) is 0 Å². The molecular weight excluding hydrogens is 234 g/mol. The van der Waals surface area contributed by atoms with E-state index in [-0.39, 0.29) is 0 Å². The van der Waals surface area contributed by atoms with Crippen LogP contribution >= 0.6 is 22.7 Å². The lowest BCUT2D eigenvalue weighted by Gasteiger charge is -1.87. The topological polar surface area (TPSA) is 12.4 Å². The predicted molar refractivity (Wildman–Crippen MR) is 74.2 cm³/mol. The lowest BCUT2D eigenvalue weighted by Crippen LogP contribution is -1.89. The van der Waals surface area contributed by atoms with Crippen LogP contribution in [-0.4, -0.2) is 6.54 Å². The maximum Gasteiger partial charge on any atom is 0.167 e. The summed E-state index contributed by atoms with van der Waals surface area (Å²) in [6, 6.07) is 8.49. The molecule has 2 aromatic rings. The summed E-state index contributed by atoms with van der Waals surface area (Å²) in [6.45, 7) is 3.00. The molecule has 3 heteroatoms. The number of fused-ring (bicyclic) bond motifs is 1. The molecule has 0 saturated heterocycles. The summed E-state index contributed by atoms with van der Waals surface area (Å²) in [7, 11) is 0. The highest BCUT2D eigenvalue weighted by Crippen LogP contribution is 2.20. The minimum Gasteiger partial charge on any atom is -0.265 e. The number of unbranched alkanes of at least 4 members (excludes halogenated alkanes) is 1. The normalized spacial score (nSPS) is 11.3. The zero-order valence-corrected chi connectivity index (χ0v) is 11.0. The van der Waals surface area contributed by atoms with Crippen LogP contribution in [0.1, 0.15) is 19.8 Å². The molecule has 0 spiro atoms. The van der Waals surface area contributed by atoms with Crippen molar-refractivity contribution in [3.63, 3.8) is 0 Å². The van der Waals surface area contributed by atoms with E-state index in [0.717, 1.165) is 19.4 Å². The summed E-state index contributed by atoms with van der Waals surface area (Å²) >= 11 is 3.59. The molecule has 0 aliphatic rings. The number of benzene rings is 1. The van der Waals surface area contributed by atoms with Gasteiger partial charge in [0.15, 0.2) is 3.98 Å². The number of hydrogen-bond acceptors (Lipinski definition) is 3. The second kappa shape index (κ2) is 5.97.